The van der Waals surface area contributed by atoms with Crippen molar-refractivity contribution in [3.8, 4) is 5.75 Å². The van der Waals surface area contributed by atoms with Gasteiger partial charge in [-0.3, -0.25) is 4.79 Å². The minimum Gasteiger partial charge on any atom is -0.494 e. The Morgan fingerprint density at radius 2 is 1.94 bits per heavy atom. The van der Waals surface area contributed by atoms with Crippen molar-refractivity contribution in [1.82, 2.24) is 5.32 Å². The lowest BCUT2D eigenvalue weighted by molar-refractivity contribution is -0.118. The highest BCUT2D eigenvalue weighted by molar-refractivity contribution is 5.72. The largest absolute Gasteiger partial charge is 0.494 e. The highest BCUT2D eigenvalue weighted by Crippen LogP contribution is 2.22. The molecule has 0 fully saturated rings. The number of hydrogen-bond donors (Lipinski definition) is 2. The van der Waals surface area contributed by atoms with Gasteiger partial charge in [-0.2, -0.15) is 0 Å². The van der Waals surface area contributed by atoms with E-state index in [0.29, 0.717) is 13.2 Å². The molecule has 1 aromatic carbocycles. The van der Waals surface area contributed by atoms with Crippen LogP contribution in [0, 0.1) is 0 Å². The number of benzene rings is 1. The number of amides is 1. The van der Waals surface area contributed by atoms with Crippen LogP contribution < -0.4 is 10.1 Å². The normalized spacial score (nSPS) is 11.1. The van der Waals surface area contributed by atoms with Crippen molar-refractivity contribution in [2.24, 2.45) is 0 Å². The summed E-state index contributed by atoms with van der Waals surface area (Å²) in [5.41, 5.74) is 0.0253. The Morgan fingerprint density at radius 1 is 1.33 bits per heavy atom. The molecule has 0 aliphatic rings. The fraction of sp³-hybridized carbons (Fsp3) is 0.500. The molecule has 4 nitrogen and oxygen atoms in total. The third kappa shape index (κ3) is 5.19. The van der Waals surface area contributed by atoms with Gasteiger partial charge < -0.3 is 15.2 Å². The minimum absolute atomic E-state index is 0.0236. The van der Waals surface area contributed by atoms with Crippen LogP contribution in [-0.4, -0.2) is 24.2 Å². The van der Waals surface area contributed by atoms with Gasteiger partial charge in [-0.15, -0.1) is 0 Å². The smallest absolute Gasteiger partial charge is 0.216 e. The summed E-state index contributed by atoms with van der Waals surface area (Å²) in [5, 5.41) is 12.5. The summed E-state index contributed by atoms with van der Waals surface area (Å²) in [6.45, 7) is 6.17. The molecule has 0 aliphatic heterocycles. The van der Waals surface area contributed by atoms with Crippen molar-refractivity contribution in [3.05, 3.63) is 29.8 Å². The summed E-state index contributed by atoms with van der Waals surface area (Å²) < 4.78 is 5.52. The predicted molar refractivity (Wildman–Crippen MR) is 70.5 cm³/mol. The molecule has 0 aromatic heterocycles. The summed E-state index contributed by atoms with van der Waals surface area (Å²) >= 11 is 0. The monoisotopic (exact) mass is 251 g/mol. The maximum atomic E-state index is 10.6. The second-order valence-electron chi connectivity index (χ2n) is 4.77. The van der Waals surface area contributed by atoms with Crippen LogP contribution in [-0.2, 0) is 10.4 Å². The molecule has 18 heavy (non-hydrogen) atoms. The van der Waals surface area contributed by atoms with Gasteiger partial charge in [0.05, 0.1) is 12.2 Å². The second kappa shape index (κ2) is 6.40. The molecule has 1 amide bonds. The van der Waals surface area contributed by atoms with E-state index in [0.717, 1.165) is 17.7 Å². The van der Waals surface area contributed by atoms with Crippen LogP contribution in [0.25, 0.3) is 0 Å². The van der Waals surface area contributed by atoms with Crippen LogP contribution in [0.5, 0.6) is 5.75 Å². The van der Waals surface area contributed by atoms with Crippen molar-refractivity contribution >= 4 is 5.91 Å². The Bertz CT molecular complexity index is 379. The van der Waals surface area contributed by atoms with Crippen LogP contribution in [0.1, 0.15) is 32.8 Å². The number of ether oxygens (including phenoxy) is 1. The molecule has 0 saturated carbocycles. The average molecular weight is 251 g/mol. The molecule has 0 unspecified atom stereocenters. The summed E-state index contributed by atoms with van der Waals surface area (Å²) in [7, 11) is 0. The molecule has 1 rings (SSSR count). The van der Waals surface area contributed by atoms with Gasteiger partial charge in [-0.25, -0.2) is 0 Å². The molecule has 0 spiro atoms. The molecule has 1 aromatic rings. The quantitative estimate of drug-likeness (QED) is 0.758. The minimum atomic E-state index is -0.829. The molecular weight excluding hydrogens is 230 g/mol. The molecule has 4 heteroatoms. The molecule has 100 valence electrons. The van der Waals surface area contributed by atoms with Crippen molar-refractivity contribution < 1.29 is 14.6 Å². The van der Waals surface area contributed by atoms with E-state index in [4.69, 9.17) is 4.74 Å². The fourth-order valence-corrected chi connectivity index (χ4v) is 1.49. The summed E-state index contributed by atoms with van der Waals surface area (Å²) in [5.74, 6) is 0.746. The van der Waals surface area contributed by atoms with Crippen LogP contribution in [0.3, 0.4) is 0 Å². The molecule has 0 atom stereocenters. The molecular formula is C14H21NO3. The van der Waals surface area contributed by atoms with E-state index in [9.17, 15) is 9.90 Å². The van der Waals surface area contributed by atoms with Crippen LogP contribution >= 0.6 is 0 Å². The van der Waals surface area contributed by atoms with Crippen LogP contribution in [0.4, 0.5) is 0 Å². The van der Waals surface area contributed by atoms with E-state index in [1.165, 1.54) is 6.92 Å². The first-order valence-corrected chi connectivity index (χ1v) is 6.10. The lowest BCUT2D eigenvalue weighted by Gasteiger charge is -2.17. The average Bonchev–Trinajstić information content (AvgIpc) is 2.27. The topological polar surface area (TPSA) is 58.6 Å². The molecule has 0 bridgehead atoms. The number of rotatable bonds is 6. The number of aliphatic hydroxyl groups is 1. The molecule has 0 aliphatic carbocycles. The van der Waals surface area contributed by atoms with Crippen molar-refractivity contribution in [2.45, 2.75) is 32.8 Å². The lowest BCUT2D eigenvalue weighted by atomic mass is 9.99. The highest BCUT2D eigenvalue weighted by Gasteiger charge is 2.15. The fourth-order valence-electron chi connectivity index (χ4n) is 1.49. The molecule has 0 radical (unpaired) electrons. The SMILES string of the molecule is CC(=O)NCCCOc1ccc(C(C)(C)O)cc1. The first kappa shape index (κ1) is 14.5. The Kier molecular flexibility index (Phi) is 5.16. The number of carbonyl (C=O) groups excluding carboxylic acids is 1. The van der Waals surface area contributed by atoms with Gasteiger partial charge in [0.2, 0.25) is 5.91 Å². The zero-order valence-corrected chi connectivity index (χ0v) is 11.2. The van der Waals surface area contributed by atoms with Gasteiger partial charge in [-0.1, -0.05) is 12.1 Å². The van der Waals surface area contributed by atoms with E-state index in [1.807, 2.05) is 24.3 Å². The second-order valence-corrected chi connectivity index (χ2v) is 4.77. The number of carbonyl (C=O) groups is 1. The summed E-state index contributed by atoms with van der Waals surface area (Å²) in [6.07, 6.45) is 0.771. The van der Waals surface area contributed by atoms with E-state index < -0.39 is 5.60 Å². The molecule has 2 N–H and O–H groups in total. The first-order valence-electron chi connectivity index (χ1n) is 6.10. The van der Waals surface area contributed by atoms with Crippen molar-refractivity contribution in [3.63, 3.8) is 0 Å². The zero-order chi connectivity index (χ0) is 13.6. The molecule has 0 heterocycles. The Hall–Kier alpha value is -1.55. The standard InChI is InChI=1S/C14H21NO3/c1-11(16)15-9-4-10-18-13-7-5-12(6-8-13)14(2,3)17/h5-8,17H,4,9-10H2,1-3H3,(H,15,16). The summed E-state index contributed by atoms with van der Waals surface area (Å²) in [4.78, 5) is 10.6. The first-order chi connectivity index (χ1) is 8.39. The lowest BCUT2D eigenvalue weighted by Crippen LogP contribution is -2.22. The maximum absolute atomic E-state index is 10.6. The maximum Gasteiger partial charge on any atom is 0.216 e. The van der Waals surface area contributed by atoms with Crippen molar-refractivity contribution in [1.29, 1.82) is 0 Å². The van der Waals surface area contributed by atoms with Gasteiger partial charge in [0.25, 0.3) is 0 Å². The zero-order valence-electron chi connectivity index (χ0n) is 11.2. The van der Waals surface area contributed by atoms with Crippen molar-refractivity contribution in [2.75, 3.05) is 13.2 Å². The number of nitrogens with one attached hydrogen (secondary N) is 1. The molecule has 0 saturated heterocycles. The van der Waals surface area contributed by atoms with Gasteiger partial charge in [0, 0.05) is 13.5 Å². The number of hydrogen-bond acceptors (Lipinski definition) is 3. The van der Waals surface area contributed by atoms with E-state index in [2.05, 4.69) is 5.32 Å². The Labute approximate surface area is 108 Å². The third-order valence-corrected chi connectivity index (χ3v) is 2.52. The van der Waals surface area contributed by atoms with Gasteiger partial charge in [0.1, 0.15) is 5.75 Å². The van der Waals surface area contributed by atoms with Crippen LogP contribution in [0.15, 0.2) is 24.3 Å². The Balaban J connectivity index is 2.33. The van der Waals surface area contributed by atoms with E-state index >= 15 is 0 Å². The van der Waals surface area contributed by atoms with E-state index in [-0.39, 0.29) is 5.91 Å². The van der Waals surface area contributed by atoms with Gasteiger partial charge in [0.15, 0.2) is 0 Å². The predicted octanol–water partition coefficient (Wildman–Crippen LogP) is 1.82. The van der Waals surface area contributed by atoms with Crippen LogP contribution in [0.2, 0.25) is 0 Å². The van der Waals surface area contributed by atoms with E-state index in [1.54, 1.807) is 13.8 Å². The third-order valence-electron chi connectivity index (χ3n) is 2.52. The van der Waals surface area contributed by atoms with Gasteiger partial charge >= 0.3 is 0 Å². The summed E-state index contributed by atoms with van der Waals surface area (Å²) in [6, 6.07) is 7.38. The van der Waals surface area contributed by atoms with Gasteiger partial charge in [-0.05, 0) is 38.0 Å². The Morgan fingerprint density at radius 3 is 2.44 bits per heavy atom. The highest BCUT2D eigenvalue weighted by atomic mass is 16.5.